The number of ether oxygens (including phenoxy) is 2. The fourth-order valence-electron chi connectivity index (χ4n) is 2.92. The third kappa shape index (κ3) is 3.79. The zero-order valence-corrected chi connectivity index (χ0v) is 15.0. The van der Waals surface area contributed by atoms with Crippen LogP contribution in [-0.2, 0) is 4.79 Å². The van der Waals surface area contributed by atoms with Crippen LogP contribution >= 0.6 is 0 Å². The fourth-order valence-corrected chi connectivity index (χ4v) is 2.92. The van der Waals surface area contributed by atoms with Gasteiger partial charge in [-0.25, -0.2) is 0 Å². The highest BCUT2D eigenvalue weighted by atomic mass is 16.5. The minimum absolute atomic E-state index is 0.125. The highest BCUT2D eigenvalue weighted by Gasteiger charge is 2.21. The van der Waals surface area contributed by atoms with Gasteiger partial charge in [0.1, 0.15) is 11.5 Å². The average molecular weight is 354 g/mol. The molecule has 1 fully saturated rings. The van der Waals surface area contributed by atoms with E-state index in [2.05, 4.69) is 5.32 Å². The Balaban J connectivity index is 1.76. The zero-order chi connectivity index (χ0) is 18.5. The molecule has 1 aliphatic rings. The Labute approximate surface area is 152 Å². The first kappa shape index (κ1) is 17.8. The van der Waals surface area contributed by atoms with Gasteiger partial charge in [-0.15, -0.1) is 0 Å². The van der Waals surface area contributed by atoms with E-state index in [0.29, 0.717) is 35.8 Å². The summed E-state index contributed by atoms with van der Waals surface area (Å²) in [7, 11) is 1.57. The molecule has 26 heavy (non-hydrogen) atoms. The largest absolute Gasteiger partial charge is 0.497 e. The molecule has 1 N–H and O–H groups in total. The molecule has 3 rings (SSSR count). The van der Waals surface area contributed by atoms with Crippen molar-refractivity contribution in [3.05, 3.63) is 48.0 Å². The van der Waals surface area contributed by atoms with E-state index in [0.717, 1.165) is 18.7 Å². The quantitative estimate of drug-likeness (QED) is 0.862. The molecule has 1 heterocycles. The number of amides is 2. The zero-order valence-electron chi connectivity index (χ0n) is 15.0. The minimum atomic E-state index is -0.251. The Morgan fingerprint density at radius 3 is 2.58 bits per heavy atom. The van der Waals surface area contributed by atoms with Crippen LogP contribution in [0.5, 0.6) is 11.5 Å². The van der Waals surface area contributed by atoms with Crippen molar-refractivity contribution >= 4 is 23.2 Å². The molecule has 0 atom stereocenters. The van der Waals surface area contributed by atoms with Crippen LogP contribution in [0.4, 0.5) is 11.4 Å². The van der Waals surface area contributed by atoms with Crippen molar-refractivity contribution in [2.45, 2.75) is 19.8 Å². The molecule has 6 nitrogen and oxygen atoms in total. The first-order chi connectivity index (χ1) is 12.6. The SMILES string of the molecule is CCOc1ccc(OC)cc1NC(=O)c1ccc(N2CCCC2=O)cc1. The normalized spacial score (nSPS) is 13.6. The monoisotopic (exact) mass is 354 g/mol. The van der Waals surface area contributed by atoms with Crippen molar-refractivity contribution in [2.24, 2.45) is 0 Å². The molecule has 0 aromatic heterocycles. The summed E-state index contributed by atoms with van der Waals surface area (Å²) in [5, 5.41) is 2.86. The Morgan fingerprint density at radius 2 is 1.96 bits per heavy atom. The Kier molecular flexibility index (Phi) is 5.41. The first-order valence-electron chi connectivity index (χ1n) is 8.65. The van der Waals surface area contributed by atoms with Crippen molar-refractivity contribution in [3.8, 4) is 11.5 Å². The molecule has 1 saturated heterocycles. The number of methoxy groups -OCH3 is 1. The summed E-state index contributed by atoms with van der Waals surface area (Å²) in [4.78, 5) is 26.1. The maximum absolute atomic E-state index is 12.6. The van der Waals surface area contributed by atoms with Crippen molar-refractivity contribution in [2.75, 3.05) is 30.5 Å². The number of hydrogen-bond acceptors (Lipinski definition) is 4. The molecule has 2 aromatic rings. The number of rotatable bonds is 6. The smallest absolute Gasteiger partial charge is 0.255 e. The minimum Gasteiger partial charge on any atom is -0.497 e. The number of nitrogens with one attached hydrogen (secondary N) is 1. The first-order valence-corrected chi connectivity index (χ1v) is 8.65. The topological polar surface area (TPSA) is 67.9 Å². The van der Waals surface area contributed by atoms with E-state index in [1.807, 2.05) is 6.92 Å². The van der Waals surface area contributed by atoms with Gasteiger partial charge in [-0.1, -0.05) is 0 Å². The molecule has 6 heteroatoms. The van der Waals surface area contributed by atoms with E-state index >= 15 is 0 Å². The van der Waals surface area contributed by atoms with E-state index in [9.17, 15) is 9.59 Å². The highest BCUT2D eigenvalue weighted by Crippen LogP contribution is 2.30. The Hall–Kier alpha value is -3.02. The van der Waals surface area contributed by atoms with Crippen molar-refractivity contribution < 1.29 is 19.1 Å². The molecule has 0 unspecified atom stereocenters. The van der Waals surface area contributed by atoms with Gasteiger partial charge in [-0.2, -0.15) is 0 Å². The third-order valence-electron chi connectivity index (χ3n) is 4.25. The van der Waals surface area contributed by atoms with E-state index in [-0.39, 0.29) is 11.8 Å². The van der Waals surface area contributed by atoms with Gasteiger partial charge in [0, 0.05) is 30.3 Å². The van der Waals surface area contributed by atoms with Crippen LogP contribution in [-0.4, -0.2) is 32.1 Å². The van der Waals surface area contributed by atoms with Crippen LogP contribution in [0.15, 0.2) is 42.5 Å². The van der Waals surface area contributed by atoms with E-state index in [1.165, 1.54) is 0 Å². The van der Waals surface area contributed by atoms with Crippen LogP contribution in [0.1, 0.15) is 30.1 Å². The van der Waals surface area contributed by atoms with Gasteiger partial charge in [-0.05, 0) is 49.7 Å². The van der Waals surface area contributed by atoms with Crippen LogP contribution in [0, 0.1) is 0 Å². The summed E-state index contributed by atoms with van der Waals surface area (Å²) in [6, 6.07) is 12.3. The average Bonchev–Trinajstić information content (AvgIpc) is 3.09. The van der Waals surface area contributed by atoms with Gasteiger partial charge in [0.2, 0.25) is 5.91 Å². The van der Waals surface area contributed by atoms with Gasteiger partial charge in [-0.3, -0.25) is 9.59 Å². The van der Waals surface area contributed by atoms with Gasteiger partial charge in [0.05, 0.1) is 19.4 Å². The second-order valence-electron chi connectivity index (χ2n) is 5.95. The lowest BCUT2D eigenvalue weighted by Crippen LogP contribution is -2.23. The van der Waals surface area contributed by atoms with Gasteiger partial charge < -0.3 is 19.7 Å². The van der Waals surface area contributed by atoms with Crippen LogP contribution < -0.4 is 19.7 Å². The van der Waals surface area contributed by atoms with Gasteiger partial charge in [0.25, 0.3) is 5.91 Å². The molecule has 0 radical (unpaired) electrons. The molecule has 0 spiro atoms. The predicted molar refractivity (Wildman–Crippen MR) is 100 cm³/mol. The summed E-state index contributed by atoms with van der Waals surface area (Å²) in [6.45, 7) is 3.11. The summed E-state index contributed by atoms with van der Waals surface area (Å²) in [5.41, 5.74) is 1.88. The van der Waals surface area contributed by atoms with Gasteiger partial charge >= 0.3 is 0 Å². The number of hydrogen-bond donors (Lipinski definition) is 1. The van der Waals surface area contributed by atoms with Gasteiger partial charge in [0.15, 0.2) is 0 Å². The van der Waals surface area contributed by atoms with E-state index < -0.39 is 0 Å². The summed E-state index contributed by atoms with van der Waals surface area (Å²) >= 11 is 0. The molecular weight excluding hydrogens is 332 g/mol. The number of carbonyl (C=O) groups is 2. The molecule has 1 aliphatic heterocycles. The maximum atomic E-state index is 12.6. The summed E-state index contributed by atoms with van der Waals surface area (Å²) < 4.78 is 10.8. The second kappa shape index (κ2) is 7.91. The van der Waals surface area contributed by atoms with Crippen molar-refractivity contribution in [1.29, 1.82) is 0 Å². The van der Waals surface area contributed by atoms with E-state index in [4.69, 9.17) is 9.47 Å². The maximum Gasteiger partial charge on any atom is 0.255 e. The van der Waals surface area contributed by atoms with Crippen LogP contribution in [0.25, 0.3) is 0 Å². The molecule has 0 bridgehead atoms. The second-order valence-corrected chi connectivity index (χ2v) is 5.95. The molecular formula is C20H22N2O4. The van der Waals surface area contributed by atoms with E-state index in [1.54, 1.807) is 54.5 Å². The third-order valence-corrected chi connectivity index (χ3v) is 4.25. The summed E-state index contributed by atoms with van der Waals surface area (Å²) in [5.74, 6) is 1.09. The number of carbonyl (C=O) groups excluding carboxylic acids is 2. The molecule has 2 aromatic carbocycles. The Morgan fingerprint density at radius 1 is 1.19 bits per heavy atom. The molecule has 0 aliphatic carbocycles. The lowest BCUT2D eigenvalue weighted by molar-refractivity contribution is -0.117. The highest BCUT2D eigenvalue weighted by molar-refractivity contribution is 6.05. The number of benzene rings is 2. The standard InChI is InChI=1S/C20H22N2O4/c1-3-26-18-11-10-16(25-2)13-17(18)21-20(24)14-6-8-15(9-7-14)22-12-4-5-19(22)23/h6-11,13H,3-5,12H2,1-2H3,(H,21,24). The number of anilines is 2. The van der Waals surface area contributed by atoms with Crippen molar-refractivity contribution in [3.63, 3.8) is 0 Å². The number of nitrogens with zero attached hydrogens (tertiary/aromatic N) is 1. The van der Waals surface area contributed by atoms with Crippen LogP contribution in [0.3, 0.4) is 0 Å². The molecule has 0 saturated carbocycles. The molecule has 2 amide bonds. The molecule has 136 valence electrons. The predicted octanol–water partition coefficient (Wildman–Crippen LogP) is 3.47. The lowest BCUT2D eigenvalue weighted by Gasteiger charge is -2.16. The summed E-state index contributed by atoms with van der Waals surface area (Å²) in [6.07, 6.45) is 1.45. The fraction of sp³-hybridized carbons (Fsp3) is 0.300. The van der Waals surface area contributed by atoms with Crippen molar-refractivity contribution in [1.82, 2.24) is 0 Å². The Bertz CT molecular complexity index is 802. The van der Waals surface area contributed by atoms with Crippen LogP contribution in [0.2, 0.25) is 0 Å². The lowest BCUT2D eigenvalue weighted by atomic mass is 10.1.